The van der Waals surface area contributed by atoms with Crippen LogP contribution in [0.2, 0.25) is 0 Å². The monoisotopic (exact) mass is 367 g/mol. The molecule has 0 saturated heterocycles. The first-order valence-electron chi connectivity index (χ1n) is 9.38. The van der Waals surface area contributed by atoms with Crippen LogP contribution in [0.5, 0.6) is 5.75 Å². The maximum Gasteiger partial charge on any atom is 0.303 e. The van der Waals surface area contributed by atoms with Gasteiger partial charge in [-0.25, -0.2) is 4.39 Å². The van der Waals surface area contributed by atoms with E-state index in [1.807, 2.05) is 36.5 Å². The number of hydrogen-bond acceptors (Lipinski definition) is 2. The van der Waals surface area contributed by atoms with Crippen LogP contribution in [0.3, 0.4) is 0 Å². The molecule has 1 fully saturated rings. The SMILES string of the molecule is O=C(O)CCc1cc(F)c(OC2CCCC2)c(-c2ccc3[nH]ccc3c2)c1. The third kappa shape index (κ3) is 3.82. The molecule has 0 atom stereocenters. The average molecular weight is 367 g/mol. The minimum Gasteiger partial charge on any atom is -0.487 e. The van der Waals surface area contributed by atoms with Crippen molar-refractivity contribution in [1.29, 1.82) is 0 Å². The molecule has 0 aliphatic heterocycles. The zero-order valence-corrected chi connectivity index (χ0v) is 15.0. The molecule has 0 amide bonds. The summed E-state index contributed by atoms with van der Waals surface area (Å²) in [6.45, 7) is 0. The van der Waals surface area contributed by atoms with Gasteiger partial charge in [-0.15, -0.1) is 0 Å². The van der Waals surface area contributed by atoms with Gasteiger partial charge < -0.3 is 14.8 Å². The van der Waals surface area contributed by atoms with Crippen LogP contribution >= 0.6 is 0 Å². The number of benzene rings is 2. The number of aromatic amines is 1. The molecule has 2 N–H and O–H groups in total. The number of carboxylic acids is 1. The molecular formula is C22H22FNO3. The Labute approximate surface area is 157 Å². The fraction of sp³-hybridized carbons (Fsp3) is 0.318. The minimum absolute atomic E-state index is 0.0292. The number of rotatable bonds is 6. The third-order valence-electron chi connectivity index (χ3n) is 5.18. The highest BCUT2D eigenvalue weighted by Gasteiger charge is 2.22. The number of H-pyrrole nitrogens is 1. The van der Waals surface area contributed by atoms with E-state index in [0.29, 0.717) is 11.1 Å². The van der Waals surface area contributed by atoms with E-state index in [4.69, 9.17) is 9.84 Å². The molecule has 1 aliphatic rings. The Balaban J connectivity index is 1.77. The minimum atomic E-state index is -0.892. The normalized spacial score (nSPS) is 14.7. The van der Waals surface area contributed by atoms with Crippen molar-refractivity contribution in [2.24, 2.45) is 0 Å². The molecule has 5 heteroatoms. The smallest absolute Gasteiger partial charge is 0.303 e. The molecule has 0 unspecified atom stereocenters. The molecule has 4 rings (SSSR count). The Morgan fingerprint density at radius 2 is 2.00 bits per heavy atom. The summed E-state index contributed by atoms with van der Waals surface area (Å²) in [6, 6.07) is 11.2. The van der Waals surface area contributed by atoms with Gasteiger partial charge in [-0.1, -0.05) is 6.07 Å². The van der Waals surface area contributed by atoms with E-state index < -0.39 is 11.8 Å². The van der Waals surface area contributed by atoms with Crippen molar-refractivity contribution in [3.8, 4) is 16.9 Å². The number of aliphatic carboxylic acids is 1. The molecular weight excluding hydrogens is 345 g/mol. The van der Waals surface area contributed by atoms with E-state index in [0.717, 1.165) is 42.1 Å². The fourth-order valence-corrected chi connectivity index (χ4v) is 3.77. The summed E-state index contributed by atoms with van der Waals surface area (Å²) in [7, 11) is 0. The number of carboxylic acid groups (broad SMARTS) is 1. The summed E-state index contributed by atoms with van der Waals surface area (Å²) in [4.78, 5) is 14.1. The van der Waals surface area contributed by atoms with Crippen LogP contribution in [-0.4, -0.2) is 22.2 Å². The van der Waals surface area contributed by atoms with E-state index in [1.54, 1.807) is 0 Å². The van der Waals surface area contributed by atoms with Gasteiger partial charge in [0.2, 0.25) is 0 Å². The Morgan fingerprint density at radius 1 is 1.19 bits per heavy atom. The molecule has 0 radical (unpaired) electrons. The molecule has 1 heterocycles. The van der Waals surface area contributed by atoms with Gasteiger partial charge in [0.15, 0.2) is 11.6 Å². The van der Waals surface area contributed by atoms with Crippen molar-refractivity contribution >= 4 is 16.9 Å². The van der Waals surface area contributed by atoms with Gasteiger partial charge in [0.1, 0.15) is 0 Å². The standard InChI is InChI=1S/C22H22FNO3/c23-19-12-14(5-8-21(25)26)11-18(22(19)27-17-3-1-2-4-17)15-6-7-20-16(13-15)9-10-24-20/h6-7,9-13,17,24H,1-5,8H2,(H,25,26). The molecule has 1 saturated carbocycles. The van der Waals surface area contributed by atoms with E-state index in [1.165, 1.54) is 6.07 Å². The number of halogens is 1. The molecule has 4 nitrogen and oxygen atoms in total. The number of aromatic nitrogens is 1. The second-order valence-electron chi connectivity index (χ2n) is 7.15. The quantitative estimate of drug-likeness (QED) is 0.620. The summed E-state index contributed by atoms with van der Waals surface area (Å²) in [6.07, 6.45) is 6.26. The lowest BCUT2D eigenvalue weighted by Crippen LogP contribution is -2.13. The molecule has 0 spiro atoms. The highest BCUT2D eigenvalue weighted by atomic mass is 19.1. The van der Waals surface area contributed by atoms with Crippen molar-refractivity contribution in [3.05, 3.63) is 54.0 Å². The number of carbonyl (C=O) groups is 1. The Kier molecular flexibility index (Phi) is 4.84. The second-order valence-corrected chi connectivity index (χ2v) is 7.15. The molecule has 140 valence electrons. The van der Waals surface area contributed by atoms with Crippen molar-refractivity contribution in [1.82, 2.24) is 4.98 Å². The van der Waals surface area contributed by atoms with E-state index in [-0.39, 0.29) is 24.7 Å². The van der Waals surface area contributed by atoms with Crippen LogP contribution in [0.4, 0.5) is 4.39 Å². The highest BCUT2D eigenvalue weighted by Crippen LogP contribution is 2.37. The Morgan fingerprint density at radius 3 is 2.78 bits per heavy atom. The van der Waals surface area contributed by atoms with Crippen molar-refractivity contribution < 1.29 is 19.0 Å². The number of nitrogens with one attached hydrogen (secondary N) is 1. The number of fused-ring (bicyclic) bond motifs is 1. The predicted octanol–water partition coefficient (Wildman–Crippen LogP) is 5.31. The van der Waals surface area contributed by atoms with Gasteiger partial charge in [0, 0.05) is 23.7 Å². The van der Waals surface area contributed by atoms with Gasteiger partial charge in [0.05, 0.1) is 6.10 Å². The van der Waals surface area contributed by atoms with Crippen molar-refractivity contribution in [2.75, 3.05) is 0 Å². The van der Waals surface area contributed by atoms with E-state index in [2.05, 4.69) is 4.98 Å². The van der Waals surface area contributed by atoms with Gasteiger partial charge in [-0.3, -0.25) is 4.79 Å². The second kappa shape index (κ2) is 7.43. The topological polar surface area (TPSA) is 62.3 Å². The van der Waals surface area contributed by atoms with E-state index >= 15 is 0 Å². The van der Waals surface area contributed by atoms with Gasteiger partial charge in [-0.05, 0) is 78.9 Å². The maximum absolute atomic E-state index is 14.9. The average Bonchev–Trinajstić information content (AvgIpc) is 3.32. The Hall–Kier alpha value is -2.82. The molecule has 27 heavy (non-hydrogen) atoms. The molecule has 2 aromatic carbocycles. The van der Waals surface area contributed by atoms with Crippen LogP contribution in [-0.2, 0) is 11.2 Å². The predicted molar refractivity (Wildman–Crippen MR) is 103 cm³/mol. The van der Waals surface area contributed by atoms with E-state index in [9.17, 15) is 9.18 Å². The number of aryl methyl sites for hydroxylation is 1. The first-order valence-corrected chi connectivity index (χ1v) is 9.38. The van der Waals surface area contributed by atoms with Crippen molar-refractivity contribution in [2.45, 2.75) is 44.6 Å². The lowest BCUT2D eigenvalue weighted by atomic mass is 9.98. The molecule has 1 aliphatic carbocycles. The van der Waals surface area contributed by atoms with Crippen molar-refractivity contribution in [3.63, 3.8) is 0 Å². The largest absolute Gasteiger partial charge is 0.487 e. The zero-order valence-electron chi connectivity index (χ0n) is 15.0. The van der Waals surface area contributed by atoms with Crippen LogP contribution in [0.1, 0.15) is 37.7 Å². The Bertz CT molecular complexity index is 973. The first-order chi connectivity index (χ1) is 13.1. The third-order valence-corrected chi connectivity index (χ3v) is 5.18. The van der Waals surface area contributed by atoms with Gasteiger partial charge in [-0.2, -0.15) is 0 Å². The highest BCUT2D eigenvalue weighted by molar-refractivity contribution is 5.86. The summed E-state index contributed by atoms with van der Waals surface area (Å²) < 4.78 is 21.0. The molecule has 3 aromatic rings. The summed E-state index contributed by atoms with van der Waals surface area (Å²) >= 11 is 0. The molecule has 1 aromatic heterocycles. The summed E-state index contributed by atoms with van der Waals surface area (Å²) in [5, 5.41) is 9.99. The summed E-state index contributed by atoms with van der Waals surface area (Å²) in [5.41, 5.74) is 3.23. The first kappa shape index (κ1) is 17.6. The van der Waals surface area contributed by atoms with Crippen LogP contribution in [0.25, 0.3) is 22.0 Å². The maximum atomic E-state index is 14.9. The van der Waals surface area contributed by atoms with Crippen LogP contribution in [0.15, 0.2) is 42.6 Å². The van der Waals surface area contributed by atoms with Crippen LogP contribution in [0, 0.1) is 5.82 Å². The fourth-order valence-electron chi connectivity index (χ4n) is 3.77. The van der Waals surface area contributed by atoms with Gasteiger partial charge in [0.25, 0.3) is 0 Å². The van der Waals surface area contributed by atoms with Crippen LogP contribution < -0.4 is 4.74 Å². The zero-order chi connectivity index (χ0) is 18.8. The lowest BCUT2D eigenvalue weighted by Gasteiger charge is -2.19. The van der Waals surface area contributed by atoms with Gasteiger partial charge >= 0.3 is 5.97 Å². The molecule has 0 bridgehead atoms. The number of ether oxygens (including phenoxy) is 1. The summed E-state index contributed by atoms with van der Waals surface area (Å²) in [5.74, 6) is -1.04. The lowest BCUT2D eigenvalue weighted by molar-refractivity contribution is -0.136. The number of hydrogen-bond donors (Lipinski definition) is 2.